The molecule has 8 heteroatoms. The number of nitrogens with zero attached hydrogens (tertiary/aromatic N) is 3. The molecule has 5 nitrogen and oxygen atoms in total. The van der Waals surface area contributed by atoms with Crippen LogP contribution in [0.15, 0.2) is 85.6 Å². The Kier molecular flexibility index (Phi) is 6.90. The van der Waals surface area contributed by atoms with Gasteiger partial charge in [-0.15, -0.1) is 0 Å². The Morgan fingerprint density at radius 2 is 1.77 bits per heavy atom. The summed E-state index contributed by atoms with van der Waals surface area (Å²) in [6.45, 7) is 3.65. The lowest BCUT2D eigenvalue weighted by Gasteiger charge is -2.15. The highest BCUT2D eigenvalue weighted by Crippen LogP contribution is 2.34. The number of anilines is 1. The molecule has 2 aromatic heterocycles. The molecule has 0 saturated carbocycles. The van der Waals surface area contributed by atoms with Gasteiger partial charge in [-0.25, -0.2) is 4.98 Å². The van der Waals surface area contributed by atoms with E-state index in [1.165, 1.54) is 18.5 Å². The van der Waals surface area contributed by atoms with E-state index in [0.717, 1.165) is 28.0 Å². The van der Waals surface area contributed by atoms with Gasteiger partial charge in [0.1, 0.15) is 0 Å². The van der Waals surface area contributed by atoms with Crippen molar-refractivity contribution in [2.75, 3.05) is 5.32 Å². The Morgan fingerprint density at radius 3 is 2.54 bits per heavy atom. The second-order valence-corrected chi connectivity index (χ2v) is 9.20. The van der Waals surface area contributed by atoms with Gasteiger partial charge in [-0.05, 0) is 49.2 Å². The first-order valence-electron chi connectivity index (χ1n) is 12.1. The minimum atomic E-state index is -4.59. The Balaban J connectivity index is 1.40. The number of benzene rings is 3. The highest BCUT2D eigenvalue weighted by Gasteiger charge is 2.33. The summed E-state index contributed by atoms with van der Waals surface area (Å²) >= 11 is 0. The fraction of sp³-hybridized carbons (Fsp3) is 0.129. The van der Waals surface area contributed by atoms with Crippen LogP contribution in [0.3, 0.4) is 0 Å². The lowest BCUT2D eigenvalue weighted by molar-refractivity contribution is -0.138. The van der Waals surface area contributed by atoms with Crippen molar-refractivity contribution in [1.82, 2.24) is 14.5 Å². The van der Waals surface area contributed by atoms with Crippen LogP contribution in [0, 0.1) is 25.7 Å². The van der Waals surface area contributed by atoms with E-state index in [0.29, 0.717) is 11.3 Å². The summed E-state index contributed by atoms with van der Waals surface area (Å²) in [6, 6.07) is 16.6. The van der Waals surface area contributed by atoms with Crippen molar-refractivity contribution in [2.45, 2.75) is 26.6 Å². The first kappa shape index (κ1) is 25.7. The fourth-order valence-electron chi connectivity index (χ4n) is 4.26. The number of halogens is 3. The van der Waals surface area contributed by atoms with Crippen molar-refractivity contribution in [3.05, 3.63) is 125 Å². The van der Waals surface area contributed by atoms with Crippen molar-refractivity contribution in [3.63, 3.8) is 0 Å². The summed E-state index contributed by atoms with van der Waals surface area (Å²) in [5.74, 6) is 5.72. The number of alkyl halides is 3. The topological polar surface area (TPSA) is 59.8 Å². The zero-order chi connectivity index (χ0) is 27.6. The van der Waals surface area contributed by atoms with Gasteiger partial charge >= 0.3 is 6.18 Å². The molecule has 1 amide bonds. The Morgan fingerprint density at radius 1 is 0.974 bits per heavy atom. The quantitative estimate of drug-likeness (QED) is 0.264. The largest absolute Gasteiger partial charge is 0.416 e. The van der Waals surface area contributed by atoms with Gasteiger partial charge in [0.05, 0.1) is 23.1 Å². The van der Waals surface area contributed by atoms with E-state index in [1.807, 2.05) is 31.2 Å². The lowest BCUT2D eigenvalue weighted by Crippen LogP contribution is -2.15. The van der Waals surface area contributed by atoms with E-state index in [9.17, 15) is 18.0 Å². The van der Waals surface area contributed by atoms with E-state index in [1.54, 1.807) is 48.3 Å². The maximum Gasteiger partial charge on any atom is 0.416 e. The number of pyridine rings is 1. The Hall–Kier alpha value is -4.90. The van der Waals surface area contributed by atoms with Crippen molar-refractivity contribution in [2.24, 2.45) is 0 Å². The van der Waals surface area contributed by atoms with E-state index < -0.39 is 17.6 Å². The minimum absolute atomic E-state index is 0.0100. The van der Waals surface area contributed by atoms with E-state index in [4.69, 9.17) is 0 Å². The number of nitrogens with one attached hydrogen (secondary N) is 1. The number of hydrogen-bond acceptors (Lipinski definition) is 3. The normalized spacial score (nSPS) is 11.2. The molecule has 2 heterocycles. The fourth-order valence-corrected chi connectivity index (χ4v) is 4.26. The van der Waals surface area contributed by atoms with Crippen LogP contribution in [0.5, 0.6) is 0 Å². The Labute approximate surface area is 223 Å². The van der Waals surface area contributed by atoms with Crippen LogP contribution in [0.2, 0.25) is 0 Å². The number of hydrogen-bond donors (Lipinski definition) is 1. The molecule has 3 aromatic carbocycles. The Bertz CT molecular complexity index is 1750. The summed E-state index contributed by atoms with van der Waals surface area (Å²) in [6.07, 6.45) is 2.03. The molecule has 0 aliphatic carbocycles. The van der Waals surface area contributed by atoms with Gasteiger partial charge in [-0.3, -0.25) is 9.78 Å². The molecule has 0 atom stereocenters. The molecule has 0 aliphatic rings. The van der Waals surface area contributed by atoms with Crippen LogP contribution in [0.4, 0.5) is 18.9 Å². The molecule has 0 spiro atoms. The zero-order valence-corrected chi connectivity index (χ0v) is 21.2. The summed E-state index contributed by atoms with van der Waals surface area (Å²) in [5, 5.41) is 4.54. The van der Waals surface area contributed by atoms with Crippen molar-refractivity contribution in [3.8, 4) is 11.8 Å². The van der Waals surface area contributed by atoms with Crippen LogP contribution in [-0.4, -0.2) is 20.4 Å². The third-order valence-corrected chi connectivity index (χ3v) is 6.29. The molecular weight excluding hydrogens is 501 g/mol. The minimum Gasteiger partial charge on any atom is -0.333 e. The van der Waals surface area contributed by atoms with Gasteiger partial charge in [0.2, 0.25) is 0 Å². The van der Waals surface area contributed by atoms with Gasteiger partial charge in [0.15, 0.2) is 0 Å². The predicted octanol–water partition coefficient (Wildman–Crippen LogP) is 6.77. The molecule has 39 heavy (non-hydrogen) atoms. The number of rotatable bonds is 4. The summed E-state index contributed by atoms with van der Waals surface area (Å²) < 4.78 is 43.2. The van der Waals surface area contributed by atoms with Crippen molar-refractivity contribution in [1.29, 1.82) is 0 Å². The number of carbonyl (C=O) groups is 1. The monoisotopic (exact) mass is 524 g/mol. The third kappa shape index (κ3) is 5.83. The van der Waals surface area contributed by atoms with Crippen LogP contribution in [0.25, 0.3) is 10.8 Å². The van der Waals surface area contributed by atoms with Crippen LogP contribution in [0.1, 0.15) is 43.9 Å². The van der Waals surface area contributed by atoms with E-state index in [-0.39, 0.29) is 23.4 Å². The molecule has 0 unspecified atom stereocenters. The molecule has 1 N–H and O–H groups in total. The number of aromatic nitrogens is 3. The first-order valence-corrected chi connectivity index (χ1v) is 12.1. The summed E-state index contributed by atoms with van der Waals surface area (Å²) in [5.41, 5.74) is 2.57. The smallest absolute Gasteiger partial charge is 0.333 e. The van der Waals surface area contributed by atoms with Gasteiger partial charge in [-0.1, -0.05) is 48.2 Å². The molecule has 5 aromatic rings. The second-order valence-electron chi connectivity index (χ2n) is 9.20. The third-order valence-electron chi connectivity index (χ3n) is 6.29. The number of carbonyl (C=O) groups excluding carboxylic acids is 1. The van der Waals surface area contributed by atoms with Gasteiger partial charge in [-0.2, -0.15) is 13.2 Å². The molecular formula is C31H23F3N4O. The summed E-state index contributed by atoms with van der Waals surface area (Å²) in [4.78, 5) is 21.3. The van der Waals surface area contributed by atoms with E-state index >= 15 is 0 Å². The molecule has 0 bridgehead atoms. The van der Waals surface area contributed by atoms with Crippen molar-refractivity contribution >= 4 is 22.4 Å². The zero-order valence-electron chi connectivity index (χ0n) is 21.2. The highest BCUT2D eigenvalue weighted by molar-refractivity contribution is 6.04. The van der Waals surface area contributed by atoms with Gasteiger partial charge < -0.3 is 9.88 Å². The molecule has 0 fully saturated rings. The highest BCUT2D eigenvalue weighted by atomic mass is 19.4. The average molecular weight is 525 g/mol. The number of fused-ring (bicyclic) bond motifs is 1. The van der Waals surface area contributed by atoms with Crippen molar-refractivity contribution < 1.29 is 18.0 Å². The van der Waals surface area contributed by atoms with Gasteiger partial charge in [0.25, 0.3) is 5.91 Å². The molecule has 5 rings (SSSR count). The number of aryl methyl sites for hydroxylation is 2. The second kappa shape index (κ2) is 10.5. The SMILES string of the molecule is Cc1cn(Cc2ccc(NC(=O)c3ccc(C)c(C#Cc4cncc5ccccc45)c3)cc2C(F)(F)F)cn1. The molecule has 0 aliphatic heterocycles. The maximum atomic E-state index is 13.9. The number of imidazole rings is 1. The molecule has 0 saturated heterocycles. The van der Waals surface area contributed by atoms with E-state index in [2.05, 4.69) is 27.1 Å². The summed E-state index contributed by atoms with van der Waals surface area (Å²) in [7, 11) is 0. The predicted molar refractivity (Wildman–Crippen MR) is 144 cm³/mol. The maximum absolute atomic E-state index is 13.9. The molecule has 194 valence electrons. The molecule has 0 radical (unpaired) electrons. The number of amides is 1. The lowest BCUT2D eigenvalue weighted by atomic mass is 10.0. The first-order chi connectivity index (χ1) is 18.7. The standard InChI is InChI=1S/C31H23F3N4O/c1-20-7-8-23(13-22(20)9-10-25-16-35-15-24-5-3-4-6-28(24)25)30(39)37-27-12-11-26(29(14-27)31(32,33)34)18-38-17-21(2)36-19-38/h3-8,11-17,19H,18H2,1-2H3,(H,37,39). The van der Waals surface area contributed by atoms with Crippen LogP contribution < -0.4 is 5.32 Å². The van der Waals surface area contributed by atoms with Crippen LogP contribution in [-0.2, 0) is 12.7 Å². The van der Waals surface area contributed by atoms with Gasteiger partial charge in [0, 0.05) is 52.7 Å². The average Bonchev–Trinajstić information content (AvgIpc) is 3.32. The van der Waals surface area contributed by atoms with Crippen LogP contribution >= 0.6 is 0 Å².